The first-order chi connectivity index (χ1) is 6.24. The standard InChI is InChI=1S/C10H14N2S/c1-8-5-6-10(11)12-9(8)4-2-3-7-13/h2,4-6,13H,3,7H2,1H3,(H2,11,12). The highest BCUT2D eigenvalue weighted by molar-refractivity contribution is 7.80. The van der Waals surface area contributed by atoms with Crippen molar-refractivity contribution in [1.29, 1.82) is 0 Å². The molecule has 70 valence electrons. The molecule has 1 aromatic heterocycles. The summed E-state index contributed by atoms with van der Waals surface area (Å²) in [5.41, 5.74) is 7.66. The molecule has 1 heterocycles. The maximum atomic E-state index is 5.57. The summed E-state index contributed by atoms with van der Waals surface area (Å²) in [6.07, 6.45) is 5.00. The number of rotatable bonds is 3. The number of nitrogens with two attached hydrogens (primary N) is 1. The van der Waals surface area contributed by atoms with Crippen LogP contribution in [0.2, 0.25) is 0 Å². The van der Waals surface area contributed by atoms with Gasteiger partial charge in [0.2, 0.25) is 0 Å². The largest absolute Gasteiger partial charge is 0.384 e. The predicted molar refractivity (Wildman–Crippen MR) is 60.9 cm³/mol. The van der Waals surface area contributed by atoms with Gasteiger partial charge in [-0.1, -0.05) is 12.1 Å². The number of aromatic nitrogens is 1. The number of hydrogen-bond donors (Lipinski definition) is 2. The van der Waals surface area contributed by atoms with Crippen LogP contribution in [0.25, 0.3) is 6.08 Å². The fourth-order valence-corrected chi connectivity index (χ4v) is 1.15. The summed E-state index contributed by atoms with van der Waals surface area (Å²) in [4.78, 5) is 4.21. The van der Waals surface area contributed by atoms with Gasteiger partial charge in [0.1, 0.15) is 5.82 Å². The Balaban J connectivity index is 2.81. The summed E-state index contributed by atoms with van der Waals surface area (Å²) < 4.78 is 0. The Morgan fingerprint density at radius 3 is 3.00 bits per heavy atom. The van der Waals surface area contributed by atoms with Crippen LogP contribution in [-0.4, -0.2) is 10.7 Å². The first-order valence-electron chi connectivity index (χ1n) is 4.24. The second kappa shape index (κ2) is 4.92. The number of anilines is 1. The molecule has 0 aliphatic rings. The minimum absolute atomic E-state index is 0.566. The van der Waals surface area contributed by atoms with E-state index >= 15 is 0 Å². The Kier molecular flexibility index (Phi) is 3.83. The lowest BCUT2D eigenvalue weighted by atomic mass is 10.2. The molecule has 0 unspecified atom stereocenters. The maximum Gasteiger partial charge on any atom is 0.124 e. The number of thiol groups is 1. The van der Waals surface area contributed by atoms with Gasteiger partial charge in [0.15, 0.2) is 0 Å². The van der Waals surface area contributed by atoms with Gasteiger partial charge in [0, 0.05) is 0 Å². The molecule has 0 amide bonds. The van der Waals surface area contributed by atoms with E-state index in [0.29, 0.717) is 5.82 Å². The van der Waals surface area contributed by atoms with Gasteiger partial charge in [-0.05, 0) is 36.8 Å². The molecule has 0 spiro atoms. The molecule has 0 fully saturated rings. The Hall–Kier alpha value is -0.960. The van der Waals surface area contributed by atoms with Crippen LogP contribution in [0.4, 0.5) is 5.82 Å². The first-order valence-corrected chi connectivity index (χ1v) is 4.88. The summed E-state index contributed by atoms with van der Waals surface area (Å²) in [5, 5.41) is 0. The summed E-state index contributed by atoms with van der Waals surface area (Å²) >= 11 is 4.12. The smallest absolute Gasteiger partial charge is 0.124 e. The van der Waals surface area contributed by atoms with E-state index in [1.807, 2.05) is 25.1 Å². The van der Waals surface area contributed by atoms with Gasteiger partial charge in [-0.3, -0.25) is 0 Å². The van der Waals surface area contributed by atoms with Gasteiger partial charge >= 0.3 is 0 Å². The number of aryl methyl sites for hydroxylation is 1. The van der Waals surface area contributed by atoms with E-state index in [9.17, 15) is 0 Å². The quantitative estimate of drug-likeness (QED) is 0.725. The number of nitrogen functional groups attached to an aromatic ring is 1. The van der Waals surface area contributed by atoms with Crippen molar-refractivity contribution in [2.75, 3.05) is 11.5 Å². The summed E-state index contributed by atoms with van der Waals surface area (Å²) in [7, 11) is 0. The predicted octanol–water partition coefficient (Wildman–Crippen LogP) is 2.31. The molecule has 0 aromatic carbocycles. The molecule has 0 atom stereocenters. The Morgan fingerprint density at radius 1 is 1.54 bits per heavy atom. The highest BCUT2D eigenvalue weighted by Crippen LogP contribution is 2.09. The average molecular weight is 194 g/mol. The van der Waals surface area contributed by atoms with Crippen molar-refractivity contribution in [3.05, 3.63) is 29.5 Å². The Morgan fingerprint density at radius 2 is 2.31 bits per heavy atom. The first kappa shape index (κ1) is 10.1. The summed E-state index contributed by atoms with van der Waals surface area (Å²) in [5.74, 6) is 1.42. The molecule has 1 rings (SSSR count). The van der Waals surface area contributed by atoms with E-state index in [1.165, 1.54) is 0 Å². The van der Waals surface area contributed by atoms with Gasteiger partial charge in [0.05, 0.1) is 5.69 Å². The van der Waals surface area contributed by atoms with E-state index in [1.54, 1.807) is 0 Å². The van der Waals surface area contributed by atoms with Crippen LogP contribution in [0.15, 0.2) is 18.2 Å². The minimum Gasteiger partial charge on any atom is -0.384 e. The van der Waals surface area contributed by atoms with Crippen LogP contribution >= 0.6 is 12.6 Å². The molecule has 3 heteroatoms. The van der Waals surface area contributed by atoms with Crippen molar-refractivity contribution in [2.24, 2.45) is 0 Å². The van der Waals surface area contributed by atoms with Gasteiger partial charge < -0.3 is 5.73 Å². The second-order valence-electron chi connectivity index (χ2n) is 2.85. The zero-order chi connectivity index (χ0) is 9.68. The molecule has 0 bridgehead atoms. The van der Waals surface area contributed by atoms with Crippen LogP contribution in [0.1, 0.15) is 17.7 Å². The zero-order valence-electron chi connectivity index (χ0n) is 7.70. The van der Waals surface area contributed by atoms with Gasteiger partial charge in [-0.25, -0.2) is 4.98 Å². The molecule has 2 nitrogen and oxygen atoms in total. The highest BCUT2D eigenvalue weighted by Gasteiger charge is 1.95. The molecular formula is C10H14N2S. The average Bonchev–Trinajstić information content (AvgIpc) is 2.11. The van der Waals surface area contributed by atoms with Crippen LogP contribution in [-0.2, 0) is 0 Å². The van der Waals surface area contributed by atoms with E-state index in [-0.39, 0.29) is 0 Å². The van der Waals surface area contributed by atoms with E-state index < -0.39 is 0 Å². The van der Waals surface area contributed by atoms with Crippen LogP contribution < -0.4 is 5.73 Å². The van der Waals surface area contributed by atoms with Crippen molar-refractivity contribution in [3.8, 4) is 0 Å². The van der Waals surface area contributed by atoms with Crippen LogP contribution in [0.3, 0.4) is 0 Å². The highest BCUT2D eigenvalue weighted by atomic mass is 32.1. The molecule has 2 N–H and O–H groups in total. The molecule has 0 aliphatic carbocycles. The molecule has 0 aliphatic heterocycles. The third-order valence-electron chi connectivity index (χ3n) is 1.73. The molecular weight excluding hydrogens is 180 g/mol. The van der Waals surface area contributed by atoms with Gasteiger partial charge in [-0.15, -0.1) is 0 Å². The normalized spacial score (nSPS) is 10.9. The van der Waals surface area contributed by atoms with E-state index in [2.05, 4.69) is 23.7 Å². The summed E-state index contributed by atoms with van der Waals surface area (Å²) in [6.45, 7) is 2.02. The molecule has 0 saturated heterocycles. The van der Waals surface area contributed by atoms with Crippen molar-refractivity contribution < 1.29 is 0 Å². The fourth-order valence-electron chi connectivity index (χ4n) is 0.999. The second-order valence-corrected chi connectivity index (χ2v) is 3.30. The van der Waals surface area contributed by atoms with Crippen molar-refractivity contribution in [2.45, 2.75) is 13.3 Å². The van der Waals surface area contributed by atoms with Gasteiger partial charge in [-0.2, -0.15) is 12.6 Å². The SMILES string of the molecule is Cc1ccc(N)nc1C=CCCS. The van der Waals surface area contributed by atoms with Crippen molar-refractivity contribution in [3.63, 3.8) is 0 Å². The lowest BCUT2D eigenvalue weighted by molar-refractivity contribution is 1.22. The number of pyridine rings is 1. The number of hydrogen-bond acceptors (Lipinski definition) is 3. The maximum absolute atomic E-state index is 5.57. The minimum atomic E-state index is 0.566. The lowest BCUT2D eigenvalue weighted by Crippen LogP contribution is -1.93. The topological polar surface area (TPSA) is 38.9 Å². The van der Waals surface area contributed by atoms with E-state index in [0.717, 1.165) is 23.4 Å². The monoisotopic (exact) mass is 194 g/mol. The molecule has 1 aromatic rings. The van der Waals surface area contributed by atoms with Gasteiger partial charge in [0.25, 0.3) is 0 Å². The Labute approximate surface area is 84.3 Å². The number of nitrogens with zero attached hydrogens (tertiary/aromatic N) is 1. The zero-order valence-corrected chi connectivity index (χ0v) is 8.59. The van der Waals surface area contributed by atoms with E-state index in [4.69, 9.17) is 5.73 Å². The third kappa shape index (κ3) is 3.11. The lowest BCUT2D eigenvalue weighted by Gasteiger charge is -1.99. The summed E-state index contributed by atoms with van der Waals surface area (Å²) in [6, 6.07) is 3.79. The molecule has 0 radical (unpaired) electrons. The van der Waals surface area contributed by atoms with Crippen molar-refractivity contribution >= 4 is 24.5 Å². The molecule has 13 heavy (non-hydrogen) atoms. The Bertz CT molecular complexity index is 308. The van der Waals surface area contributed by atoms with Crippen LogP contribution in [0, 0.1) is 6.92 Å². The molecule has 0 saturated carbocycles. The number of allylic oxidation sites excluding steroid dienone is 1. The fraction of sp³-hybridized carbons (Fsp3) is 0.300. The van der Waals surface area contributed by atoms with Crippen LogP contribution in [0.5, 0.6) is 0 Å². The third-order valence-corrected chi connectivity index (χ3v) is 1.99. The van der Waals surface area contributed by atoms with Crippen molar-refractivity contribution in [1.82, 2.24) is 4.98 Å².